The first-order valence-electron chi connectivity index (χ1n) is 21.8. The number of carbonyl (C=O) groups is 3. The van der Waals surface area contributed by atoms with Gasteiger partial charge < -0.3 is 54.7 Å². The van der Waals surface area contributed by atoms with Crippen LogP contribution in [0.2, 0.25) is 0 Å². The number of rotatable bonds is 9. The molecule has 338 valence electrons. The Morgan fingerprint density at radius 3 is 1.95 bits per heavy atom. The van der Waals surface area contributed by atoms with Gasteiger partial charge in [-0.2, -0.15) is 0 Å². The Labute approximate surface area is 354 Å². The number of carboxylic acids is 1. The van der Waals surface area contributed by atoms with E-state index in [2.05, 4.69) is 26.8 Å². The van der Waals surface area contributed by atoms with E-state index in [1.807, 2.05) is 20.8 Å². The molecule has 17 atom stereocenters. The van der Waals surface area contributed by atoms with Crippen LogP contribution >= 0.6 is 0 Å². The first-order chi connectivity index (χ1) is 27.9. The number of aliphatic hydroxyl groups excluding tert-OH is 6. The molecule has 60 heavy (non-hydrogen) atoms. The summed E-state index contributed by atoms with van der Waals surface area (Å²) in [5.41, 5.74) is -2.47. The lowest BCUT2D eigenvalue weighted by Gasteiger charge is -2.72. The smallest absolute Gasteiger partial charge is 0.335 e. The summed E-state index contributed by atoms with van der Waals surface area (Å²) in [7, 11) is 0. The first kappa shape index (κ1) is 46.8. The van der Waals surface area contributed by atoms with E-state index in [-0.39, 0.29) is 35.7 Å². The van der Waals surface area contributed by atoms with Crippen molar-refractivity contribution in [3.05, 3.63) is 34.9 Å². The molecule has 7 N–H and O–H groups in total. The quantitative estimate of drug-likeness (QED) is 0.0754. The summed E-state index contributed by atoms with van der Waals surface area (Å²) < 4.78 is 24.4. The minimum absolute atomic E-state index is 0.0723. The van der Waals surface area contributed by atoms with Gasteiger partial charge in [0.1, 0.15) is 24.4 Å². The molecule has 1 aliphatic heterocycles. The predicted octanol–water partition coefficient (Wildman–Crippen LogP) is 3.98. The summed E-state index contributed by atoms with van der Waals surface area (Å²) >= 11 is 0. The molecule has 1 heterocycles. The SMILES string of the molecule is C/C=C(\C)C(=O)O[C@@H]1[C@H](OC(=O)/C(C)=C/C)C(C)(C)C[C@H]2C3=CC[C@@H]4[C@@]5(C)CC[C@H](O[C@@H]6O[C@H](C(=O)O)[C@@H](O)[C@H](O)[C@H]6O)[C@@](C)(CO)[C@@H]5CC[C@@]4(C)[C@]3(C)C[C@H](O)[C@@]12CO. The van der Waals surface area contributed by atoms with Crippen molar-refractivity contribution < 1.29 is 69.1 Å². The average Bonchev–Trinajstić information content (AvgIpc) is 3.19. The van der Waals surface area contributed by atoms with Crippen molar-refractivity contribution in [2.45, 2.75) is 169 Å². The third kappa shape index (κ3) is 6.76. The van der Waals surface area contributed by atoms with E-state index >= 15 is 0 Å². The van der Waals surface area contributed by atoms with Gasteiger partial charge in [-0.3, -0.25) is 0 Å². The van der Waals surface area contributed by atoms with Gasteiger partial charge in [-0.1, -0.05) is 65.3 Å². The second kappa shape index (κ2) is 16.1. The number of fused-ring (bicyclic) bond motifs is 7. The molecule has 0 amide bonds. The Hall–Kier alpha value is -2.69. The lowest BCUT2D eigenvalue weighted by molar-refractivity contribution is -0.328. The highest BCUT2D eigenvalue weighted by Gasteiger charge is 2.74. The van der Waals surface area contributed by atoms with Crippen LogP contribution in [0.15, 0.2) is 34.9 Å². The van der Waals surface area contributed by atoms with Crippen LogP contribution in [0.1, 0.15) is 114 Å². The van der Waals surface area contributed by atoms with Gasteiger partial charge in [0.25, 0.3) is 0 Å². The molecule has 1 saturated heterocycles. The summed E-state index contributed by atoms with van der Waals surface area (Å²) in [6, 6.07) is 0. The van der Waals surface area contributed by atoms with Gasteiger partial charge in [-0.15, -0.1) is 0 Å². The summed E-state index contributed by atoms with van der Waals surface area (Å²) in [4.78, 5) is 38.9. The number of carbonyl (C=O) groups excluding carboxylic acids is 2. The molecule has 14 nitrogen and oxygen atoms in total. The zero-order valence-corrected chi connectivity index (χ0v) is 37.0. The van der Waals surface area contributed by atoms with Crippen LogP contribution in [0.25, 0.3) is 0 Å². The molecule has 0 aromatic carbocycles. The Kier molecular flexibility index (Phi) is 12.6. The highest BCUT2D eigenvalue weighted by molar-refractivity contribution is 5.88. The lowest BCUT2D eigenvalue weighted by Crippen LogP contribution is -2.72. The molecule has 0 aromatic heterocycles. The molecule has 6 rings (SSSR count). The van der Waals surface area contributed by atoms with Crippen molar-refractivity contribution in [3.8, 4) is 0 Å². The van der Waals surface area contributed by atoms with E-state index in [9.17, 15) is 50.1 Å². The third-order valence-electron chi connectivity index (χ3n) is 17.5. The molecule has 0 unspecified atom stereocenters. The van der Waals surface area contributed by atoms with Crippen LogP contribution in [0, 0.1) is 50.2 Å². The number of allylic oxidation sites excluding steroid dienone is 4. The normalized spacial score (nSPS) is 47.7. The van der Waals surface area contributed by atoms with Gasteiger partial charge in [-0.25, -0.2) is 14.4 Å². The van der Waals surface area contributed by atoms with Crippen molar-refractivity contribution in [1.82, 2.24) is 0 Å². The summed E-state index contributed by atoms with van der Waals surface area (Å²) in [5, 5.41) is 76.8. The van der Waals surface area contributed by atoms with Gasteiger partial charge >= 0.3 is 17.9 Å². The molecule has 0 spiro atoms. The fourth-order valence-electron chi connectivity index (χ4n) is 13.4. The molecule has 5 fully saturated rings. The van der Waals surface area contributed by atoms with Crippen LogP contribution in [0.3, 0.4) is 0 Å². The predicted molar refractivity (Wildman–Crippen MR) is 218 cm³/mol. The number of esters is 2. The maximum Gasteiger partial charge on any atom is 0.335 e. The minimum Gasteiger partial charge on any atom is -0.479 e. The molecule has 14 heteroatoms. The van der Waals surface area contributed by atoms with Crippen LogP contribution < -0.4 is 0 Å². The first-order valence-corrected chi connectivity index (χ1v) is 21.8. The van der Waals surface area contributed by atoms with Gasteiger partial charge in [0.15, 0.2) is 18.5 Å². The molecule has 0 radical (unpaired) electrons. The molecule has 6 aliphatic rings. The summed E-state index contributed by atoms with van der Waals surface area (Å²) in [6.45, 7) is 18.7. The number of hydrogen-bond acceptors (Lipinski definition) is 13. The van der Waals surface area contributed by atoms with Crippen molar-refractivity contribution in [2.24, 2.45) is 50.2 Å². The van der Waals surface area contributed by atoms with Crippen molar-refractivity contribution in [3.63, 3.8) is 0 Å². The number of ether oxygens (including phenoxy) is 4. The summed E-state index contributed by atoms with van der Waals surface area (Å²) in [5.74, 6) is -3.13. The van der Waals surface area contributed by atoms with E-state index in [1.165, 1.54) is 0 Å². The van der Waals surface area contributed by atoms with Gasteiger partial charge in [0.2, 0.25) is 0 Å². The highest BCUT2D eigenvalue weighted by atomic mass is 16.7. The number of carboxylic acid groups (broad SMARTS) is 1. The number of aliphatic carboxylic acids is 1. The van der Waals surface area contributed by atoms with Gasteiger partial charge in [0, 0.05) is 22.0 Å². The Bertz CT molecular complexity index is 1790. The average molecular weight is 847 g/mol. The number of aliphatic hydroxyl groups is 6. The molecule has 4 saturated carbocycles. The van der Waals surface area contributed by atoms with E-state index in [0.717, 1.165) is 12.0 Å². The maximum atomic E-state index is 13.7. The van der Waals surface area contributed by atoms with Crippen LogP contribution in [-0.2, 0) is 33.3 Å². The van der Waals surface area contributed by atoms with Crippen molar-refractivity contribution in [2.75, 3.05) is 13.2 Å². The van der Waals surface area contributed by atoms with Crippen LogP contribution in [-0.4, -0.2) is 122 Å². The highest BCUT2D eigenvalue weighted by Crippen LogP contribution is 2.76. The molecule has 5 aliphatic carbocycles. The maximum absolute atomic E-state index is 13.7. The Morgan fingerprint density at radius 1 is 0.800 bits per heavy atom. The second-order valence-corrected chi connectivity index (χ2v) is 20.7. The van der Waals surface area contributed by atoms with Crippen LogP contribution in [0.5, 0.6) is 0 Å². The molecular weight excluding hydrogens is 776 g/mol. The zero-order chi connectivity index (χ0) is 44.7. The molecule has 0 bridgehead atoms. The van der Waals surface area contributed by atoms with E-state index in [4.69, 9.17) is 18.9 Å². The standard InChI is InChI=1S/C46H70O14/c1-11-23(3)38(55)59-35-36(60-39(56)24(4)12-2)46(22-48)26(19-41(35,5)6)25-13-14-28-42(7)17-16-30(57-40-33(52)31(50)32(51)34(58-40)37(53)54)43(8,21-47)27(42)15-18-44(28,9)45(25,10)20-29(46)49/h11-13,26-36,40,47-52H,14-22H2,1-10H3,(H,53,54)/b23-11+,24-12+/t26-,27+,28+,29-,30-,31-,32-,33+,34-,35-,36+,40+,42-,43-,44+,45+,46-/m0/s1. The van der Waals surface area contributed by atoms with Gasteiger partial charge in [-0.05, 0) is 107 Å². The van der Waals surface area contributed by atoms with E-state index < -0.39 is 107 Å². The fourth-order valence-corrected chi connectivity index (χ4v) is 13.4. The van der Waals surface area contributed by atoms with E-state index in [1.54, 1.807) is 39.8 Å². The second-order valence-electron chi connectivity index (χ2n) is 20.7. The largest absolute Gasteiger partial charge is 0.479 e. The van der Waals surface area contributed by atoms with Crippen LogP contribution in [0.4, 0.5) is 0 Å². The van der Waals surface area contributed by atoms with Crippen molar-refractivity contribution in [1.29, 1.82) is 0 Å². The monoisotopic (exact) mass is 846 g/mol. The number of hydrogen-bond donors (Lipinski definition) is 7. The fraction of sp³-hybridized carbons (Fsp3) is 0.804. The van der Waals surface area contributed by atoms with Crippen molar-refractivity contribution >= 4 is 17.9 Å². The topological polar surface area (TPSA) is 230 Å². The minimum atomic E-state index is -1.85. The Balaban J connectivity index is 1.38. The Morgan fingerprint density at radius 2 is 1.40 bits per heavy atom. The molecular formula is C46H70O14. The van der Waals surface area contributed by atoms with E-state index in [0.29, 0.717) is 43.3 Å². The van der Waals surface area contributed by atoms with Gasteiger partial charge in [0.05, 0.1) is 30.8 Å². The zero-order valence-electron chi connectivity index (χ0n) is 37.0. The summed E-state index contributed by atoms with van der Waals surface area (Å²) in [6.07, 6.45) is -3.27. The third-order valence-corrected chi connectivity index (χ3v) is 17.5. The lowest BCUT2D eigenvalue weighted by atomic mass is 9.33. The molecule has 0 aromatic rings.